The van der Waals surface area contributed by atoms with E-state index in [0.29, 0.717) is 26.0 Å². The number of nitrogens with two attached hydrogens (primary N) is 2. The zero-order chi connectivity index (χ0) is 13.3. The summed E-state index contributed by atoms with van der Waals surface area (Å²) in [6.45, 7) is 0. The molecule has 0 saturated carbocycles. The predicted octanol–water partition coefficient (Wildman–Crippen LogP) is 3.45. The number of nitrogen functional groups attached to an aromatic ring is 2. The van der Waals surface area contributed by atoms with Gasteiger partial charge < -0.3 is 16.8 Å². The van der Waals surface area contributed by atoms with Gasteiger partial charge in [-0.1, -0.05) is 23.2 Å². The van der Waals surface area contributed by atoms with Crippen LogP contribution < -0.4 is 16.8 Å². The van der Waals surface area contributed by atoms with Crippen molar-refractivity contribution in [2.45, 2.75) is 0 Å². The minimum atomic E-state index is 0.0817. The molecule has 0 bridgehead atoms. The van der Waals surface area contributed by atoms with Crippen LogP contribution in [0.4, 0.5) is 23.3 Å². The number of nitrogens with one attached hydrogen (secondary N) is 1. The first-order valence-electron chi connectivity index (χ1n) is 4.78. The van der Waals surface area contributed by atoms with Crippen LogP contribution in [-0.4, -0.2) is 9.97 Å². The third-order valence-corrected chi connectivity index (χ3v) is 3.60. The van der Waals surface area contributed by atoms with Crippen molar-refractivity contribution in [1.82, 2.24) is 9.97 Å². The highest BCUT2D eigenvalue weighted by Crippen LogP contribution is 2.31. The van der Waals surface area contributed by atoms with Crippen molar-refractivity contribution in [2.24, 2.45) is 0 Å². The number of hydrogen-bond acceptors (Lipinski definition) is 5. The molecule has 8 heteroatoms. The molecule has 0 saturated heterocycles. The first-order chi connectivity index (χ1) is 8.47. The third kappa shape index (κ3) is 2.77. The first-order valence-corrected chi connectivity index (χ1v) is 6.33. The maximum atomic E-state index is 5.92. The van der Waals surface area contributed by atoms with Crippen LogP contribution in [0, 0.1) is 0 Å². The lowest BCUT2D eigenvalue weighted by molar-refractivity contribution is 1.18. The molecule has 94 valence electrons. The molecular formula is C10H8BrCl2N5. The van der Waals surface area contributed by atoms with E-state index >= 15 is 0 Å². The lowest BCUT2D eigenvalue weighted by atomic mass is 10.3. The molecule has 0 aliphatic heterocycles. The average Bonchev–Trinajstić information content (AvgIpc) is 2.30. The van der Waals surface area contributed by atoms with E-state index in [1.807, 2.05) is 0 Å². The minimum Gasteiger partial charge on any atom is -0.383 e. The lowest BCUT2D eigenvalue weighted by Gasteiger charge is -2.10. The summed E-state index contributed by atoms with van der Waals surface area (Å²) in [4.78, 5) is 7.85. The van der Waals surface area contributed by atoms with E-state index in [1.54, 1.807) is 18.2 Å². The molecule has 1 aromatic carbocycles. The largest absolute Gasteiger partial charge is 0.383 e. The van der Waals surface area contributed by atoms with Crippen LogP contribution in [0.3, 0.4) is 0 Å². The van der Waals surface area contributed by atoms with Gasteiger partial charge in [0.15, 0.2) is 5.82 Å². The second-order valence-corrected chi connectivity index (χ2v) is 4.99. The molecule has 2 rings (SSSR count). The summed E-state index contributed by atoms with van der Waals surface area (Å²) in [6, 6.07) is 5.11. The zero-order valence-electron chi connectivity index (χ0n) is 8.92. The van der Waals surface area contributed by atoms with Gasteiger partial charge in [-0.15, -0.1) is 0 Å². The van der Waals surface area contributed by atoms with E-state index in [1.165, 1.54) is 0 Å². The number of benzene rings is 1. The van der Waals surface area contributed by atoms with E-state index in [9.17, 15) is 0 Å². The summed E-state index contributed by atoms with van der Waals surface area (Å²) in [6.07, 6.45) is 0. The molecular weight excluding hydrogens is 341 g/mol. The second-order valence-electron chi connectivity index (χ2n) is 3.38. The van der Waals surface area contributed by atoms with Crippen LogP contribution in [0.5, 0.6) is 0 Å². The predicted molar refractivity (Wildman–Crippen MR) is 78.3 cm³/mol. The Morgan fingerprint density at radius 1 is 1.11 bits per heavy atom. The van der Waals surface area contributed by atoms with Gasteiger partial charge in [-0.3, -0.25) is 0 Å². The summed E-state index contributed by atoms with van der Waals surface area (Å²) < 4.78 is 0.530. The fourth-order valence-electron chi connectivity index (χ4n) is 1.28. The molecule has 0 amide bonds. The smallest absolute Gasteiger partial charge is 0.224 e. The van der Waals surface area contributed by atoms with Crippen molar-refractivity contribution >= 4 is 62.4 Å². The number of rotatable bonds is 2. The maximum Gasteiger partial charge on any atom is 0.224 e. The molecule has 1 heterocycles. The average molecular weight is 349 g/mol. The zero-order valence-corrected chi connectivity index (χ0v) is 12.0. The van der Waals surface area contributed by atoms with Crippen LogP contribution >= 0.6 is 39.1 Å². The van der Waals surface area contributed by atoms with Gasteiger partial charge >= 0.3 is 0 Å². The molecule has 1 aromatic heterocycles. The van der Waals surface area contributed by atoms with Gasteiger partial charge in [0.05, 0.1) is 10.0 Å². The second kappa shape index (κ2) is 5.17. The molecule has 0 unspecified atom stereocenters. The normalized spacial score (nSPS) is 10.4. The van der Waals surface area contributed by atoms with Gasteiger partial charge in [0.1, 0.15) is 10.3 Å². The summed E-state index contributed by atoms with van der Waals surface area (Å²) in [7, 11) is 0. The molecule has 5 N–H and O–H groups in total. The number of hydrogen-bond donors (Lipinski definition) is 3. The van der Waals surface area contributed by atoms with Crippen LogP contribution in [0.15, 0.2) is 22.7 Å². The minimum absolute atomic E-state index is 0.0817. The highest BCUT2D eigenvalue weighted by molar-refractivity contribution is 9.10. The topological polar surface area (TPSA) is 89.8 Å². The molecule has 0 fully saturated rings. The molecule has 5 nitrogen and oxygen atoms in total. The Labute approximate surface area is 122 Å². The highest BCUT2D eigenvalue weighted by atomic mass is 79.9. The summed E-state index contributed by atoms with van der Waals surface area (Å²) >= 11 is 15.0. The van der Waals surface area contributed by atoms with Crippen molar-refractivity contribution in [2.75, 3.05) is 16.8 Å². The summed E-state index contributed by atoms with van der Waals surface area (Å²) in [5.74, 6) is 0.793. The van der Waals surface area contributed by atoms with Crippen molar-refractivity contribution in [3.05, 3.63) is 32.7 Å². The highest BCUT2D eigenvalue weighted by Gasteiger charge is 2.09. The maximum absolute atomic E-state index is 5.92. The van der Waals surface area contributed by atoms with Crippen molar-refractivity contribution in [3.8, 4) is 0 Å². The third-order valence-electron chi connectivity index (χ3n) is 2.08. The Hall–Kier alpha value is -1.24. The Kier molecular flexibility index (Phi) is 3.79. The molecule has 18 heavy (non-hydrogen) atoms. The van der Waals surface area contributed by atoms with Crippen molar-refractivity contribution < 1.29 is 0 Å². The Morgan fingerprint density at radius 2 is 1.83 bits per heavy atom. The Bertz CT molecular complexity index is 605. The molecule has 0 aliphatic carbocycles. The fraction of sp³-hybridized carbons (Fsp3) is 0. The van der Waals surface area contributed by atoms with Gasteiger partial charge in [-0.05, 0) is 34.1 Å². The molecule has 0 spiro atoms. The van der Waals surface area contributed by atoms with Gasteiger partial charge in [0.25, 0.3) is 0 Å². The van der Waals surface area contributed by atoms with Gasteiger partial charge in [-0.2, -0.15) is 9.97 Å². The van der Waals surface area contributed by atoms with E-state index in [4.69, 9.17) is 34.7 Å². The number of nitrogens with zero attached hydrogens (tertiary/aromatic N) is 2. The summed E-state index contributed by atoms with van der Waals surface area (Å²) in [5, 5.41) is 3.93. The van der Waals surface area contributed by atoms with Crippen LogP contribution in [0.2, 0.25) is 10.0 Å². The Morgan fingerprint density at radius 3 is 2.50 bits per heavy atom. The van der Waals surface area contributed by atoms with E-state index in [0.717, 1.165) is 0 Å². The number of anilines is 4. The molecule has 0 radical (unpaired) electrons. The molecule has 0 aliphatic rings. The lowest BCUT2D eigenvalue weighted by Crippen LogP contribution is -2.04. The molecule has 2 aromatic rings. The summed E-state index contributed by atoms with van der Waals surface area (Å²) in [5.41, 5.74) is 11.9. The van der Waals surface area contributed by atoms with Gasteiger partial charge in [0, 0.05) is 5.69 Å². The van der Waals surface area contributed by atoms with Crippen LogP contribution in [0.1, 0.15) is 0 Å². The van der Waals surface area contributed by atoms with Gasteiger partial charge in [0.2, 0.25) is 5.95 Å². The van der Waals surface area contributed by atoms with Crippen LogP contribution in [-0.2, 0) is 0 Å². The monoisotopic (exact) mass is 347 g/mol. The quantitative estimate of drug-likeness (QED) is 0.773. The standard InChI is InChI=1S/C10H8BrCl2N5/c11-7-8(14)17-10(15)18-9(7)16-4-1-2-5(12)6(13)3-4/h1-3H,(H5,14,15,16,17,18). The SMILES string of the molecule is Nc1nc(N)c(Br)c(Nc2ccc(Cl)c(Cl)c2)n1. The van der Waals surface area contributed by atoms with Crippen molar-refractivity contribution in [1.29, 1.82) is 0 Å². The first kappa shape index (κ1) is 13.2. The van der Waals surface area contributed by atoms with Gasteiger partial charge in [-0.25, -0.2) is 0 Å². The number of aromatic nitrogens is 2. The van der Waals surface area contributed by atoms with Crippen molar-refractivity contribution in [3.63, 3.8) is 0 Å². The Balaban J connectivity index is 2.36. The van der Waals surface area contributed by atoms with E-state index < -0.39 is 0 Å². The van der Waals surface area contributed by atoms with Crippen LogP contribution in [0.25, 0.3) is 0 Å². The number of halogens is 3. The molecule has 0 atom stereocenters. The van der Waals surface area contributed by atoms with E-state index in [-0.39, 0.29) is 11.8 Å². The van der Waals surface area contributed by atoms with E-state index in [2.05, 4.69) is 31.2 Å². The fourth-order valence-corrected chi connectivity index (χ4v) is 1.85.